The van der Waals surface area contributed by atoms with Gasteiger partial charge in [0.2, 0.25) is 0 Å². The second-order valence-corrected chi connectivity index (χ2v) is 7.06. The molecular weight excluding hydrogens is 424 g/mol. The molecule has 0 amide bonds. The lowest BCUT2D eigenvalue weighted by Gasteiger charge is -2.19. The lowest BCUT2D eigenvalue weighted by molar-refractivity contribution is 0.302. The van der Waals surface area contributed by atoms with E-state index in [0.29, 0.717) is 18.7 Å². The Morgan fingerprint density at radius 2 is 1.88 bits per heavy atom. The standard InChI is InChI=1S/C27H28N4O.2H3N/c1-3-21(27(28)29)11-6-5-9-18-31(4-2)24-13-10-14-25(19-24)32-20-23-17-16-22-12-7-8-15-26(22)30-23;;/h3-17,19H,2,18,20H2,1H3,(H3,28,29);2*1H3/b9-5+,11-6-,21-3+;;. The fraction of sp³-hybridized carbons (Fsp3) is 0.111. The second-order valence-electron chi connectivity index (χ2n) is 7.06. The fourth-order valence-electron chi connectivity index (χ4n) is 3.14. The number of rotatable bonds is 10. The molecule has 0 saturated heterocycles. The number of fused-ring (bicyclic) bond motifs is 1. The average molecular weight is 459 g/mol. The number of pyridine rings is 1. The fourth-order valence-corrected chi connectivity index (χ4v) is 3.14. The van der Waals surface area contributed by atoms with Gasteiger partial charge in [-0.2, -0.15) is 0 Å². The molecule has 3 rings (SSSR count). The summed E-state index contributed by atoms with van der Waals surface area (Å²) in [6, 6.07) is 20.0. The summed E-state index contributed by atoms with van der Waals surface area (Å²) in [5.74, 6) is 0.827. The summed E-state index contributed by atoms with van der Waals surface area (Å²) in [4.78, 5) is 6.68. The van der Waals surface area contributed by atoms with Crippen LogP contribution >= 0.6 is 0 Å². The zero-order valence-electron chi connectivity index (χ0n) is 19.7. The van der Waals surface area contributed by atoms with Gasteiger partial charge < -0.3 is 27.7 Å². The highest BCUT2D eigenvalue weighted by molar-refractivity contribution is 5.97. The van der Waals surface area contributed by atoms with Gasteiger partial charge in [0.25, 0.3) is 0 Å². The summed E-state index contributed by atoms with van der Waals surface area (Å²) in [5.41, 5.74) is 9.04. The Balaban J connectivity index is 0.00000289. The summed E-state index contributed by atoms with van der Waals surface area (Å²) in [6.07, 6.45) is 11.2. The number of nitrogens with zero attached hydrogens (tertiary/aromatic N) is 2. The molecule has 34 heavy (non-hydrogen) atoms. The minimum absolute atomic E-state index is 0. The molecule has 0 aliphatic heterocycles. The van der Waals surface area contributed by atoms with Crippen LogP contribution in [0.25, 0.3) is 10.9 Å². The van der Waals surface area contributed by atoms with E-state index in [2.05, 4.69) is 17.6 Å². The van der Waals surface area contributed by atoms with Gasteiger partial charge in [0, 0.05) is 29.3 Å². The Labute approximate surface area is 201 Å². The highest BCUT2D eigenvalue weighted by Crippen LogP contribution is 2.22. The van der Waals surface area contributed by atoms with Gasteiger partial charge in [-0.1, -0.05) is 67.3 Å². The van der Waals surface area contributed by atoms with Crippen molar-refractivity contribution in [2.24, 2.45) is 5.73 Å². The molecule has 9 N–H and O–H groups in total. The molecule has 0 spiro atoms. The highest BCUT2D eigenvalue weighted by Gasteiger charge is 2.04. The molecule has 2 aromatic carbocycles. The monoisotopic (exact) mass is 458 g/mol. The van der Waals surface area contributed by atoms with Crippen LogP contribution < -0.4 is 27.7 Å². The Morgan fingerprint density at radius 1 is 1.09 bits per heavy atom. The first-order chi connectivity index (χ1) is 15.6. The van der Waals surface area contributed by atoms with Crippen molar-refractivity contribution in [2.45, 2.75) is 13.5 Å². The summed E-state index contributed by atoms with van der Waals surface area (Å²) < 4.78 is 5.99. The van der Waals surface area contributed by atoms with E-state index in [1.807, 2.05) is 96.8 Å². The number of amidine groups is 1. The van der Waals surface area contributed by atoms with Crippen molar-refractivity contribution >= 4 is 22.4 Å². The molecule has 0 fully saturated rings. The van der Waals surface area contributed by atoms with Crippen molar-refractivity contribution in [3.8, 4) is 5.75 Å². The van der Waals surface area contributed by atoms with Gasteiger partial charge in [0.05, 0.1) is 11.2 Å². The Morgan fingerprint density at radius 3 is 2.62 bits per heavy atom. The number of allylic oxidation sites excluding steroid dienone is 3. The maximum atomic E-state index is 7.48. The highest BCUT2D eigenvalue weighted by atomic mass is 16.5. The largest absolute Gasteiger partial charge is 0.487 e. The molecule has 0 aliphatic carbocycles. The first-order valence-electron chi connectivity index (χ1n) is 10.4. The van der Waals surface area contributed by atoms with Crippen molar-refractivity contribution in [3.63, 3.8) is 0 Å². The second kappa shape index (κ2) is 14.1. The maximum Gasteiger partial charge on any atom is 0.130 e. The van der Waals surface area contributed by atoms with E-state index in [1.165, 1.54) is 0 Å². The zero-order valence-corrected chi connectivity index (χ0v) is 19.7. The number of hydrogen-bond acceptors (Lipinski definition) is 6. The number of hydrogen-bond donors (Lipinski definition) is 4. The lowest BCUT2D eigenvalue weighted by atomic mass is 10.2. The SMILES string of the molecule is C=CN(C/C=C/C=C\C(=C/C)C(=N)N)c1cccc(OCc2ccc3ccccc3n2)c1.N.N. The van der Waals surface area contributed by atoms with Crippen LogP contribution in [-0.2, 0) is 6.61 Å². The van der Waals surface area contributed by atoms with Crippen LogP contribution in [0.15, 0.2) is 109 Å². The van der Waals surface area contributed by atoms with Crippen LogP contribution in [0.5, 0.6) is 5.75 Å². The van der Waals surface area contributed by atoms with Crippen LogP contribution in [0.1, 0.15) is 12.6 Å². The predicted molar refractivity (Wildman–Crippen MR) is 144 cm³/mol. The van der Waals surface area contributed by atoms with Crippen molar-refractivity contribution in [3.05, 3.63) is 115 Å². The topological polar surface area (TPSA) is 145 Å². The molecule has 0 aliphatic rings. The Hall–Kier alpha value is -4.20. The molecule has 178 valence electrons. The number of anilines is 1. The molecule has 0 unspecified atom stereocenters. The van der Waals surface area contributed by atoms with Crippen LogP contribution in [0, 0.1) is 5.41 Å². The van der Waals surface area contributed by atoms with E-state index in [1.54, 1.807) is 6.20 Å². The molecule has 7 nitrogen and oxygen atoms in total. The van der Waals surface area contributed by atoms with E-state index in [0.717, 1.165) is 28.0 Å². The summed E-state index contributed by atoms with van der Waals surface area (Å²) in [7, 11) is 0. The normalized spacial score (nSPS) is 11.1. The molecule has 0 atom stereocenters. The molecule has 1 aromatic heterocycles. The van der Waals surface area contributed by atoms with Gasteiger partial charge >= 0.3 is 0 Å². The minimum Gasteiger partial charge on any atom is -0.487 e. The van der Waals surface area contributed by atoms with Crippen LogP contribution in [0.4, 0.5) is 5.69 Å². The van der Waals surface area contributed by atoms with Gasteiger partial charge in [-0.25, -0.2) is 4.98 Å². The number of nitrogens with two attached hydrogens (primary N) is 1. The van der Waals surface area contributed by atoms with Crippen LogP contribution in [-0.4, -0.2) is 17.4 Å². The van der Waals surface area contributed by atoms with E-state index >= 15 is 0 Å². The van der Waals surface area contributed by atoms with Crippen molar-refractivity contribution in [1.82, 2.24) is 17.3 Å². The third-order valence-electron chi connectivity index (χ3n) is 4.86. The molecule has 0 bridgehead atoms. The lowest BCUT2D eigenvalue weighted by Crippen LogP contribution is -2.15. The summed E-state index contributed by atoms with van der Waals surface area (Å²) in [5, 5.41) is 8.60. The van der Waals surface area contributed by atoms with E-state index in [4.69, 9.17) is 15.9 Å². The summed E-state index contributed by atoms with van der Waals surface area (Å²) in [6.45, 7) is 6.83. The van der Waals surface area contributed by atoms with Crippen LogP contribution in [0.2, 0.25) is 0 Å². The maximum absolute atomic E-state index is 7.48. The third kappa shape index (κ3) is 7.74. The van der Waals surface area contributed by atoms with Gasteiger partial charge in [-0.3, -0.25) is 5.41 Å². The number of para-hydroxylation sites is 1. The smallest absolute Gasteiger partial charge is 0.130 e. The third-order valence-corrected chi connectivity index (χ3v) is 4.86. The molecule has 7 heteroatoms. The quantitative estimate of drug-likeness (QED) is 0.164. The molecule has 0 radical (unpaired) electrons. The molecule has 3 aromatic rings. The number of benzene rings is 2. The van der Waals surface area contributed by atoms with Crippen molar-refractivity contribution in [1.29, 1.82) is 5.41 Å². The van der Waals surface area contributed by atoms with Crippen molar-refractivity contribution in [2.75, 3.05) is 11.4 Å². The van der Waals surface area contributed by atoms with E-state index < -0.39 is 0 Å². The molecule has 1 heterocycles. The summed E-state index contributed by atoms with van der Waals surface area (Å²) >= 11 is 0. The number of nitrogens with one attached hydrogen (secondary N) is 1. The van der Waals surface area contributed by atoms with E-state index in [-0.39, 0.29) is 18.1 Å². The predicted octanol–water partition coefficient (Wildman–Crippen LogP) is 6.08. The van der Waals surface area contributed by atoms with Gasteiger partial charge in [0.15, 0.2) is 0 Å². The Bertz CT molecular complexity index is 1180. The zero-order chi connectivity index (χ0) is 22.8. The number of ether oxygens (including phenoxy) is 1. The average Bonchev–Trinajstić information content (AvgIpc) is 2.82. The first-order valence-corrected chi connectivity index (χ1v) is 10.4. The first kappa shape index (κ1) is 27.8. The van der Waals surface area contributed by atoms with Gasteiger partial charge in [0.1, 0.15) is 18.2 Å². The Kier molecular flexibility index (Phi) is 11.5. The van der Waals surface area contributed by atoms with E-state index in [9.17, 15) is 0 Å². The minimum atomic E-state index is 0. The van der Waals surface area contributed by atoms with Crippen molar-refractivity contribution < 1.29 is 4.74 Å². The number of aromatic nitrogens is 1. The molecular formula is C27H34N6O. The van der Waals surface area contributed by atoms with Gasteiger partial charge in [-0.05, 0) is 37.4 Å². The molecule has 0 saturated carbocycles. The van der Waals surface area contributed by atoms with Crippen LogP contribution in [0.3, 0.4) is 0 Å². The van der Waals surface area contributed by atoms with Gasteiger partial charge in [-0.15, -0.1) is 0 Å².